The summed E-state index contributed by atoms with van der Waals surface area (Å²) < 4.78 is 2.06. The second kappa shape index (κ2) is 7.83. The molecule has 0 aliphatic carbocycles. The molecule has 0 bridgehead atoms. The first-order valence-electron chi connectivity index (χ1n) is 8.89. The van der Waals surface area contributed by atoms with Crippen LogP contribution in [0.2, 0.25) is 10.0 Å². The van der Waals surface area contributed by atoms with Crippen LogP contribution in [0.25, 0.3) is 17.0 Å². The fourth-order valence-corrected chi connectivity index (χ4v) is 3.53. The predicted octanol–water partition coefficient (Wildman–Crippen LogP) is 6.52. The topological polar surface area (TPSA) is 45.8 Å². The van der Waals surface area contributed by atoms with Crippen molar-refractivity contribution < 1.29 is 4.79 Å². The Morgan fingerprint density at radius 3 is 2.54 bits per heavy atom. The van der Waals surface area contributed by atoms with Gasteiger partial charge in [-0.3, -0.25) is 4.79 Å². The molecule has 0 saturated carbocycles. The van der Waals surface area contributed by atoms with E-state index in [4.69, 9.17) is 23.2 Å². The van der Waals surface area contributed by atoms with Gasteiger partial charge in [0.2, 0.25) is 0 Å². The highest BCUT2D eigenvalue weighted by molar-refractivity contribution is 6.35. The fraction of sp³-hybridized carbons (Fsp3) is 0.217. The molecule has 0 N–H and O–H groups in total. The van der Waals surface area contributed by atoms with Crippen LogP contribution in [0.1, 0.15) is 31.9 Å². The van der Waals surface area contributed by atoms with Gasteiger partial charge in [0.1, 0.15) is 6.07 Å². The SMILES string of the molecule is CC(C)(C)C(=O)C(C#N)=Cc1cn(Cc2ccc(Cl)cc2Cl)c2ccccc12. The van der Waals surface area contributed by atoms with Crippen molar-refractivity contribution in [1.29, 1.82) is 5.26 Å². The zero-order chi connectivity index (χ0) is 20.5. The lowest BCUT2D eigenvalue weighted by Gasteiger charge is -2.15. The van der Waals surface area contributed by atoms with Crippen LogP contribution < -0.4 is 0 Å². The molecule has 142 valence electrons. The molecule has 3 nitrogen and oxygen atoms in total. The van der Waals surface area contributed by atoms with Crippen molar-refractivity contribution in [2.24, 2.45) is 5.41 Å². The lowest BCUT2D eigenvalue weighted by molar-refractivity contribution is -0.121. The van der Waals surface area contributed by atoms with Gasteiger partial charge in [0.15, 0.2) is 5.78 Å². The summed E-state index contributed by atoms with van der Waals surface area (Å²) in [7, 11) is 0. The number of benzene rings is 2. The Kier molecular flexibility index (Phi) is 5.65. The minimum atomic E-state index is -0.614. The summed E-state index contributed by atoms with van der Waals surface area (Å²) in [6, 6.07) is 15.4. The third-order valence-electron chi connectivity index (χ3n) is 4.52. The van der Waals surface area contributed by atoms with E-state index in [0.29, 0.717) is 16.6 Å². The second-order valence-corrected chi connectivity index (χ2v) is 8.56. The molecule has 28 heavy (non-hydrogen) atoms. The maximum atomic E-state index is 12.6. The van der Waals surface area contributed by atoms with Gasteiger partial charge in [-0.25, -0.2) is 0 Å². The molecule has 1 heterocycles. The second-order valence-electron chi connectivity index (χ2n) is 7.71. The molecule has 5 heteroatoms. The Hall–Kier alpha value is -2.54. The first kappa shape index (κ1) is 20.2. The Labute approximate surface area is 174 Å². The Balaban J connectivity index is 2.10. The van der Waals surface area contributed by atoms with Gasteiger partial charge in [0.25, 0.3) is 0 Å². The minimum Gasteiger partial charge on any atom is -0.342 e. The fourth-order valence-electron chi connectivity index (χ4n) is 3.06. The van der Waals surface area contributed by atoms with Crippen LogP contribution in [0, 0.1) is 16.7 Å². The molecule has 0 saturated heterocycles. The number of rotatable bonds is 4. The molecule has 0 aliphatic rings. The van der Waals surface area contributed by atoms with Crippen LogP contribution in [-0.4, -0.2) is 10.4 Å². The van der Waals surface area contributed by atoms with Gasteiger partial charge in [0.05, 0.1) is 5.57 Å². The number of nitriles is 1. The first-order valence-corrected chi connectivity index (χ1v) is 9.64. The summed E-state index contributed by atoms with van der Waals surface area (Å²) in [5.74, 6) is -0.174. The van der Waals surface area contributed by atoms with E-state index in [2.05, 4.69) is 10.6 Å². The summed E-state index contributed by atoms with van der Waals surface area (Å²) in [5.41, 5.74) is 2.31. The van der Waals surface area contributed by atoms with Crippen LogP contribution in [0.3, 0.4) is 0 Å². The molecule has 0 amide bonds. The monoisotopic (exact) mass is 410 g/mol. The van der Waals surface area contributed by atoms with Crippen molar-refractivity contribution in [3.63, 3.8) is 0 Å². The third-order valence-corrected chi connectivity index (χ3v) is 5.11. The summed E-state index contributed by atoms with van der Waals surface area (Å²) >= 11 is 12.3. The van der Waals surface area contributed by atoms with E-state index in [0.717, 1.165) is 22.0 Å². The van der Waals surface area contributed by atoms with E-state index in [1.165, 1.54) is 0 Å². The average molecular weight is 411 g/mol. The Bertz CT molecular complexity index is 1130. The van der Waals surface area contributed by atoms with Crippen molar-refractivity contribution in [1.82, 2.24) is 4.57 Å². The number of carbonyl (C=O) groups is 1. The molecular weight excluding hydrogens is 391 g/mol. The number of allylic oxidation sites excluding steroid dienone is 1. The summed E-state index contributed by atoms with van der Waals surface area (Å²) in [6.45, 7) is 5.99. The Morgan fingerprint density at radius 1 is 1.18 bits per heavy atom. The number of para-hydroxylation sites is 1. The van der Waals surface area contributed by atoms with Crippen molar-refractivity contribution in [3.8, 4) is 6.07 Å². The number of ketones is 1. The number of nitrogens with zero attached hydrogens (tertiary/aromatic N) is 2. The van der Waals surface area contributed by atoms with Crippen molar-refractivity contribution in [2.45, 2.75) is 27.3 Å². The number of Topliss-reactive ketones (excluding diaryl/α,β-unsaturated/α-hetero) is 1. The molecule has 0 aliphatic heterocycles. The van der Waals surface area contributed by atoms with E-state index in [1.54, 1.807) is 12.1 Å². The molecule has 0 fully saturated rings. The molecular formula is C23H20Cl2N2O. The summed E-state index contributed by atoms with van der Waals surface area (Å²) in [4.78, 5) is 12.6. The number of hydrogen-bond acceptors (Lipinski definition) is 2. The smallest absolute Gasteiger partial charge is 0.178 e. The molecule has 1 aromatic heterocycles. The zero-order valence-electron chi connectivity index (χ0n) is 16.0. The lowest BCUT2D eigenvalue weighted by atomic mass is 9.86. The van der Waals surface area contributed by atoms with Crippen molar-refractivity contribution in [3.05, 3.63) is 75.4 Å². The van der Waals surface area contributed by atoms with Crippen molar-refractivity contribution in [2.75, 3.05) is 0 Å². The minimum absolute atomic E-state index is 0.153. The number of fused-ring (bicyclic) bond motifs is 1. The maximum Gasteiger partial charge on any atom is 0.178 e. The predicted molar refractivity (Wildman–Crippen MR) is 116 cm³/mol. The lowest BCUT2D eigenvalue weighted by Crippen LogP contribution is -2.21. The van der Waals surface area contributed by atoms with Gasteiger partial charge in [-0.2, -0.15) is 5.26 Å². The molecule has 0 atom stereocenters. The Morgan fingerprint density at radius 2 is 1.89 bits per heavy atom. The standard InChI is InChI=1S/C23H20Cl2N2O/c1-23(2,3)22(28)16(12-26)10-17-14-27(21-7-5-4-6-19(17)21)13-15-8-9-18(24)11-20(15)25/h4-11,14H,13H2,1-3H3. The highest BCUT2D eigenvalue weighted by Crippen LogP contribution is 2.28. The van der Waals surface area contributed by atoms with Gasteiger partial charge in [-0.05, 0) is 29.8 Å². The van der Waals surface area contributed by atoms with E-state index in [-0.39, 0.29) is 11.4 Å². The van der Waals surface area contributed by atoms with Crippen LogP contribution >= 0.6 is 23.2 Å². The quantitative estimate of drug-likeness (QED) is 0.363. The van der Waals surface area contributed by atoms with Gasteiger partial charge in [-0.15, -0.1) is 0 Å². The summed E-state index contributed by atoms with van der Waals surface area (Å²) in [5, 5.41) is 11.7. The van der Waals surface area contributed by atoms with Crippen molar-refractivity contribution >= 4 is 46.0 Å². The van der Waals surface area contributed by atoms with E-state index < -0.39 is 5.41 Å². The van der Waals surface area contributed by atoms with Crippen LogP contribution in [0.4, 0.5) is 0 Å². The van der Waals surface area contributed by atoms with Gasteiger partial charge in [0, 0.05) is 44.7 Å². The van der Waals surface area contributed by atoms with Gasteiger partial charge >= 0.3 is 0 Å². The van der Waals surface area contributed by atoms with Crippen LogP contribution in [0.5, 0.6) is 0 Å². The normalized spacial score (nSPS) is 12.2. The largest absolute Gasteiger partial charge is 0.342 e. The number of aromatic nitrogens is 1. The molecule has 0 spiro atoms. The molecule has 3 rings (SSSR count). The van der Waals surface area contributed by atoms with Crippen LogP contribution in [-0.2, 0) is 11.3 Å². The molecule has 2 aromatic carbocycles. The van der Waals surface area contributed by atoms with E-state index in [9.17, 15) is 10.1 Å². The third kappa shape index (κ3) is 4.14. The maximum absolute atomic E-state index is 12.6. The highest BCUT2D eigenvalue weighted by Gasteiger charge is 2.25. The summed E-state index contributed by atoms with van der Waals surface area (Å²) in [6.07, 6.45) is 3.62. The van der Waals surface area contributed by atoms with Gasteiger partial charge < -0.3 is 4.57 Å². The molecule has 0 unspecified atom stereocenters. The number of hydrogen-bond donors (Lipinski definition) is 0. The highest BCUT2D eigenvalue weighted by atomic mass is 35.5. The average Bonchev–Trinajstić information content (AvgIpc) is 2.98. The first-order chi connectivity index (χ1) is 13.2. The number of carbonyl (C=O) groups excluding carboxylic acids is 1. The van der Waals surface area contributed by atoms with E-state index >= 15 is 0 Å². The van der Waals surface area contributed by atoms with E-state index in [1.807, 2.05) is 63.4 Å². The van der Waals surface area contributed by atoms with Crippen LogP contribution in [0.15, 0.2) is 54.2 Å². The van der Waals surface area contributed by atoms with Gasteiger partial charge in [-0.1, -0.05) is 68.2 Å². The molecule has 0 radical (unpaired) electrons. The zero-order valence-corrected chi connectivity index (χ0v) is 17.5. The molecule has 3 aromatic rings. The number of halogens is 2.